The Labute approximate surface area is 118 Å². The molecule has 0 amide bonds. The Balaban J connectivity index is 1.82. The molecule has 3 rings (SSSR count). The van der Waals surface area contributed by atoms with E-state index in [1.165, 1.54) is 21.6 Å². The van der Waals surface area contributed by atoms with Crippen LogP contribution in [-0.2, 0) is 6.42 Å². The van der Waals surface area contributed by atoms with Gasteiger partial charge in [0.1, 0.15) is 0 Å². The molecule has 1 aliphatic heterocycles. The fourth-order valence-corrected chi connectivity index (χ4v) is 3.88. The number of aliphatic hydroxyl groups is 1. The van der Waals surface area contributed by atoms with Crippen molar-refractivity contribution in [3.63, 3.8) is 0 Å². The summed E-state index contributed by atoms with van der Waals surface area (Å²) in [6, 6.07) is 14.7. The lowest BCUT2D eigenvalue weighted by atomic mass is 9.98. The fraction of sp³-hybridized carbons (Fsp3) is 0.294. The third-order valence-corrected chi connectivity index (χ3v) is 5.28. The highest BCUT2D eigenvalue weighted by molar-refractivity contribution is 8.00. The first-order valence-corrected chi connectivity index (χ1v) is 7.53. The number of rotatable bonds is 2. The lowest BCUT2D eigenvalue weighted by molar-refractivity contribution is 0.175. The Morgan fingerprint density at radius 1 is 1.11 bits per heavy atom. The molecule has 2 heteroatoms. The van der Waals surface area contributed by atoms with Gasteiger partial charge in [-0.15, -0.1) is 11.8 Å². The normalized spacial score (nSPS) is 19.2. The van der Waals surface area contributed by atoms with Gasteiger partial charge in [-0.25, -0.2) is 0 Å². The van der Waals surface area contributed by atoms with Gasteiger partial charge in [-0.05, 0) is 48.6 Å². The molecule has 2 aromatic carbocycles. The summed E-state index contributed by atoms with van der Waals surface area (Å²) in [6.07, 6.45) is 0.561. The van der Waals surface area contributed by atoms with Gasteiger partial charge in [0.25, 0.3) is 0 Å². The highest BCUT2D eigenvalue weighted by Gasteiger charge is 2.29. The minimum absolute atomic E-state index is 0.236. The van der Waals surface area contributed by atoms with Gasteiger partial charge in [-0.2, -0.15) is 0 Å². The maximum absolute atomic E-state index is 10.6. The van der Waals surface area contributed by atoms with Gasteiger partial charge in [0, 0.05) is 10.1 Å². The van der Waals surface area contributed by atoms with E-state index < -0.39 is 6.10 Å². The van der Waals surface area contributed by atoms with Crippen molar-refractivity contribution in [1.29, 1.82) is 0 Å². The van der Waals surface area contributed by atoms with Crippen LogP contribution in [0.4, 0.5) is 0 Å². The first-order valence-electron chi connectivity index (χ1n) is 6.65. The van der Waals surface area contributed by atoms with Crippen LogP contribution in [0.25, 0.3) is 0 Å². The fourth-order valence-electron chi connectivity index (χ4n) is 2.55. The zero-order chi connectivity index (χ0) is 13.4. The molecule has 0 spiro atoms. The summed E-state index contributed by atoms with van der Waals surface area (Å²) < 4.78 is 0. The third-order valence-electron chi connectivity index (χ3n) is 3.90. The van der Waals surface area contributed by atoms with Crippen LogP contribution >= 0.6 is 11.8 Å². The van der Waals surface area contributed by atoms with Crippen LogP contribution in [0.5, 0.6) is 0 Å². The Hall–Kier alpha value is -1.25. The van der Waals surface area contributed by atoms with Gasteiger partial charge in [-0.1, -0.05) is 36.4 Å². The molecule has 19 heavy (non-hydrogen) atoms. The molecule has 2 aromatic rings. The highest BCUT2D eigenvalue weighted by Crippen LogP contribution is 2.42. The lowest BCUT2D eigenvalue weighted by Crippen LogP contribution is -2.14. The van der Waals surface area contributed by atoms with Crippen molar-refractivity contribution in [2.24, 2.45) is 0 Å². The van der Waals surface area contributed by atoms with Gasteiger partial charge in [-0.3, -0.25) is 0 Å². The van der Waals surface area contributed by atoms with Crippen LogP contribution < -0.4 is 0 Å². The molecule has 0 saturated heterocycles. The average Bonchev–Trinajstić information content (AvgIpc) is 2.85. The lowest BCUT2D eigenvalue weighted by Gasteiger charge is -2.18. The number of hydrogen-bond donors (Lipinski definition) is 1. The number of fused-ring (bicyclic) bond motifs is 1. The predicted molar refractivity (Wildman–Crippen MR) is 80.7 cm³/mol. The van der Waals surface area contributed by atoms with Crippen molar-refractivity contribution >= 4 is 11.8 Å². The molecule has 1 N–H and O–H groups in total. The van der Waals surface area contributed by atoms with Crippen LogP contribution in [0.15, 0.2) is 47.4 Å². The quantitative estimate of drug-likeness (QED) is 0.888. The number of aliphatic hydroxyl groups excluding tert-OH is 1. The van der Waals surface area contributed by atoms with Gasteiger partial charge in [0.05, 0.1) is 6.10 Å². The van der Waals surface area contributed by atoms with Crippen molar-refractivity contribution in [2.75, 3.05) is 0 Å². The smallest absolute Gasteiger partial charge is 0.0915 e. The van der Waals surface area contributed by atoms with Crippen LogP contribution in [0, 0.1) is 13.8 Å². The first-order chi connectivity index (χ1) is 9.15. The average molecular weight is 270 g/mol. The topological polar surface area (TPSA) is 20.2 Å². The molecule has 98 valence electrons. The second kappa shape index (κ2) is 5.03. The molecule has 0 fully saturated rings. The monoisotopic (exact) mass is 270 g/mol. The first kappa shape index (κ1) is 12.8. The largest absolute Gasteiger partial charge is 0.387 e. The molecule has 2 unspecified atom stereocenters. The molecule has 1 nitrogen and oxygen atoms in total. The standard InChI is InChI=1S/C17H18OS/c1-11-7-8-14(9-12(11)2)17(18)16-10-13-5-3-4-6-15(13)19-16/h3-9,16-18H,10H2,1-2H3. The molecular formula is C17H18OS. The molecule has 0 radical (unpaired) electrons. The number of thioether (sulfide) groups is 1. The summed E-state index contributed by atoms with van der Waals surface area (Å²) in [6.45, 7) is 4.20. The summed E-state index contributed by atoms with van der Waals surface area (Å²) in [5.41, 5.74) is 4.92. The van der Waals surface area contributed by atoms with Crippen molar-refractivity contribution in [3.8, 4) is 0 Å². The van der Waals surface area contributed by atoms with Crippen molar-refractivity contribution in [3.05, 3.63) is 64.7 Å². The molecule has 2 atom stereocenters. The summed E-state index contributed by atoms with van der Waals surface area (Å²) in [5.74, 6) is 0. The van der Waals surface area contributed by atoms with Crippen LogP contribution in [0.2, 0.25) is 0 Å². The van der Waals surface area contributed by atoms with Gasteiger partial charge in [0.15, 0.2) is 0 Å². The van der Waals surface area contributed by atoms with Crippen LogP contribution in [0.3, 0.4) is 0 Å². The molecule has 0 aromatic heterocycles. The van der Waals surface area contributed by atoms with E-state index in [2.05, 4.69) is 56.3 Å². The predicted octanol–water partition coefficient (Wildman–Crippen LogP) is 4.05. The van der Waals surface area contributed by atoms with E-state index in [1.54, 1.807) is 11.8 Å². The molecular weight excluding hydrogens is 252 g/mol. The van der Waals surface area contributed by atoms with Crippen molar-refractivity contribution in [1.82, 2.24) is 0 Å². The summed E-state index contributed by atoms with van der Waals surface area (Å²) in [4.78, 5) is 1.32. The minimum atomic E-state index is -0.392. The Bertz CT molecular complexity index is 581. The SMILES string of the molecule is Cc1ccc(C(O)C2Cc3ccccc3S2)cc1C. The number of hydrogen-bond acceptors (Lipinski definition) is 2. The molecule has 0 bridgehead atoms. The van der Waals surface area contributed by atoms with E-state index in [1.807, 2.05) is 0 Å². The zero-order valence-corrected chi connectivity index (χ0v) is 12.1. The van der Waals surface area contributed by atoms with Gasteiger partial charge >= 0.3 is 0 Å². The van der Waals surface area contributed by atoms with Crippen molar-refractivity contribution in [2.45, 2.75) is 36.5 Å². The Morgan fingerprint density at radius 2 is 1.89 bits per heavy atom. The second-order valence-corrected chi connectivity index (χ2v) is 6.54. The van der Waals surface area contributed by atoms with Gasteiger partial charge < -0.3 is 5.11 Å². The number of benzene rings is 2. The Morgan fingerprint density at radius 3 is 2.63 bits per heavy atom. The summed E-state index contributed by atoms with van der Waals surface area (Å²) >= 11 is 1.80. The van der Waals surface area contributed by atoms with E-state index in [0.29, 0.717) is 0 Å². The maximum Gasteiger partial charge on any atom is 0.0915 e. The molecule has 0 aliphatic carbocycles. The highest BCUT2D eigenvalue weighted by atomic mass is 32.2. The van der Waals surface area contributed by atoms with E-state index >= 15 is 0 Å². The zero-order valence-electron chi connectivity index (χ0n) is 11.3. The van der Waals surface area contributed by atoms with Crippen molar-refractivity contribution < 1.29 is 5.11 Å². The number of aryl methyl sites for hydroxylation is 2. The minimum Gasteiger partial charge on any atom is -0.387 e. The van der Waals surface area contributed by atoms with Crippen LogP contribution in [0.1, 0.15) is 28.4 Å². The second-order valence-electron chi connectivity index (χ2n) is 5.26. The summed E-state index contributed by atoms with van der Waals surface area (Å²) in [7, 11) is 0. The van der Waals surface area contributed by atoms with E-state index in [9.17, 15) is 5.11 Å². The molecule has 1 heterocycles. The van der Waals surface area contributed by atoms with E-state index in [4.69, 9.17) is 0 Å². The maximum atomic E-state index is 10.6. The Kier molecular flexibility index (Phi) is 3.38. The van der Waals surface area contributed by atoms with Gasteiger partial charge in [0.2, 0.25) is 0 Å². The molecule has 1 aliphatic rings. The van der Waals surface area contributed by atoms with E-state index in [0.717, 1.165) is 12.0 Å². The molecule has 0 saturated carbocycles. The summed E-state index contributed by atoms with van der Waals surface area (Å²) in [5, 5.41) is 10.8. The van der Waals surface area contributed by atoms with E-state index in [-0.39, 0.29) is 5.25 Å². The third kappa shape index (κ3) is 2.43. The van der Waals surface area contributed by atoms with Crippen LogP contribution in [-0.4, -0.2) is 10.4 Å².